The number of anilines is 2. The van der Waals surface area contributed by atoms with Crippen LogP contribution in [0, 0.1) is 11.3 Å². The Morgan fingerprint density at radius 2 is 1.86 bits per heavy atom. The molecule has 3 N–H and O–H groups in total. The molecular weight excluding hydrogens is 464 g/mol. The number of aromatic amines is 1. The first-order valence-electron chi connectivity index (χ1n) is 11.9. The molecule has 8 nitrogen and oxygen atoms in total. The van der Waals surface area contributed by atoms with E-state index in [1.54, 1.807) is 31.9 Å². The summed E-state index contributed by atoms with van der Waals surface area (Å²) in [7, 11) is 1.62. The van der Waals surface area contributed by atoms with Crippen molar-refractivity contribution in [1.82, 2.24) is 20.3 Å². The first kappa shape index (κ1) is 23.9. The SMILES string of the molecule is COc1ccc(-c2cncc(C#N)c2Nc2ccc3[nH]ccc3c2)cc1OCCNCc1ccncc1. The van der Waals surface area contributed by atoms with Crippen LogP contribution in [0.5, 0.6) is 11.5 Å². The van der Waals surface area contributed by atoms with Crippen LogP contribution < -0.4 is 20.1 Å². The molecule has 5 rings (SSSR count). The van der Waals surface area contributed by atoms with Crippen molar-refractivity contribution in [2.45, 2.75) is 6.54 Å². The topological polar surface area (TPSA) is 108 Å². The molecular formula is C29H26N6O2. The van der Waals surface area contributed by atoms with E-state index in [2.05, 4.69) is 31.7 Å². The highest BCUT2D eigenvalue weighted by Gasteiger charge is 2.15. The van der Waals surface area contributed by atoms with E-state index in [1.165, 1.54) is 0 Å². The number of nitriles is 1. The molecule has 0 aliphatic heterocycles. The summed E-state index contributed by atoms with van der Waals surface area (Å²) >= 11 is 0. The minimum absolute atomic E-state index is 0.449. The van der Waals surface area contributed by atoms with E-state index in [0.29, 0.717) is 35.9 Å². The Balaban J connectivity index is 1.36. The molecule has 0 bridgehead atoms. The van der Waals surface area contributed by atoms with Crippen molar-refractivity contribution in [2.75, 3.05) is 25.6 Å². The van der Waals surface area contributed by atoms with E-state index in [-0.39, 0.29) is 0 Å². The summed E-state index contributed by atoms with van der Waals surface area (Å²) in [4.78, 5) is 11.5. The Hall–Kier alpha value is -4.87. The lowest BCUT2D eigenvalue weighted by Crippen LogP contribution is -2.20. The van der Waals surface area contributed by atoms with Gasteiger partial charge in [-0.1, -0.05) is 6.07 Å². The predicted molar refractivity (Wildman–Crippen MR) is 144 cm³/mol. The second kappa shape index (κ2) is 11.2. The summed E-state index contributed by atoms with van der Waals surface area (Å²) in [6.07, 6.45) is 8.78. The number of H-pyrrole nitrogens is 1. The van der Waals surface area contributed by atoms with Crippen LogP contribution in [0.1, 0.15) is 11.1 Å². The minimum atomic E-state index is 0.449. The van der Waals surface area contributed by atoms with E-state index in [9.17, 15) is 5.26 Å². The summed E-state index contributed by atoms with van der Waals surface area (Å²) in [6, 6.07) is 20.0. The zero-order valence-corrected chi connectivity index (χ0v) is 20.4. The van der Waals surface area contributed by atoms with Gasteiger partial charge < -0.3 is 25.1 Å². The lowest BCUT2D eigenvalue weighted by molar-refractivity contribution is 0.292. The molecule has 0 saturated carbocycles. The largest absolute Gasteiger partial charge is 0.493 e. The minimum Gasteiger partial charge on any atom is -0.493 e. The highest BCUT2D eigenvalue weighted by atomic mass is 16.5. The maximum absolute atomic E-state index is 9.80. The first-order chi connectivity index (χ1) is 18.2. The van der Waals surface area contributed by atoms with Crippen molar-refractivity contribution in [1.29, 1.82) is 5.26 Å². The smallest absolute Gasteiger partial charge is 0.161 e. The number of nitrogens with zero attached hydrogens (tertiary/aromatic N) is 3. The number of rotatable bonds is 10. The van der Waals surface area contributed by atoms with Crippen molar-refractivity contribution < 1.29 is 9.47 Å². The van der Waals surface area contributed by atoms with Gasteiger partial charge in [0, 0.05) is 66.2 Å². The van der Waals surface area contributed by atoms with Crippen LogP contribution >= 0.6 is 0 Å². The molecule has 0 radical (unpaired) electrons. The number of hydrogen-bond donors (Lipinski definition) is 3. The quantitative estimate of drug-likeness (QED) is 0.224. The van der Waals surface area contributed by atoms with Gasteiger partial charge in [0.25, 0.3) is 0 Å². The Bertz CT molecular complexity index is 1540. The number of benzene rings is 2. The summed E-state index contributed by atoms with van der Waals surface area (Å²) in [5.41, 5.74) is 5.87. The van der Waals surface area contributed by atoms with Crippen LogP contribution in [0.2, 0.25) is 0 Å². The molecule has 0 saturated heterocycles. The number of pyridine rings is 2. The Morgan fingerprint density at radius 1 is 0.973 bits per heavy atom. The number of aromatic nitrogens is 3. The molecule has 0 aliphatic carbocycles. The first-order valence-corrected chi connectivity index (χ1v) is 11.9. The number of nitrogens with one attached hydrogen (secondary N) is 3. The zero-order chi connectivity index (χ0) is 25.5. The van der Waals surface area contributed by atoms with Crippen molar-refractivity contribution in [3.8, 4) is 28.7 Å². The van der Waals surface area contributed by atoms with Gasteiger partial charge in [0.15, 0.2) is 11.5 Å². The van der Waals surface area contributed by atoms with Gasteiger partial charge in [-0.2, -0.15) is 5.26 Å². The van der Waals surface area contributed by atoms with Crippen molar-refractivity contribution in [3.63, 3.8) is 0 Å². The third kappa shape index (κ3) is 5.53. The number of ether oxygens (including phenoxy) is 2. The fourth-order valence-corrected chi connectivity index (χ4v) is 4.10. The average Bonchev–Trinajstić information content (AvgIpc) is 3.41. The second-order valence-electron chi connectivity index (χ2n) is 8.37. The molecule has 5 aromatic rings. The van der Waals surface area contributed by atoms with Crippen LogP contribution in [0.4, 0.5) is 11.4 Å². The fraction of sp³-hybridized carbons (Fsp3) is 0.138. The molecule has 184 valence electrons. The number of methoxy groups -OCH3 is 1. The van der Waals surface area contributed by atoms with Gasteiger partial charge >= 0.3 is 0 Å². The van der Waals surface area contributed by atoms with Crippen molar-refractivity contribution in [3.05, 3.63) is 96.7 Å². The average molecular weight is 491 g/mol. The van der Waals surface area contributed by atoms with Crippen molar-refractivity contribution in [2.24, 2.45) is 0 Å². The van der Waals surface area contributed by atoms with Crippen LogP contribution in [-0.4, -0.2) is 35.2 Å². The molecule has 0 fully saturated rings. The van der Waals surface area contributed by atoms with E-state index in [1.807, 2.05) is 60.8 Å². The normalized spacial score (nSPS) is 10.7. The summed E-state index contributed by atoms with van der Waals surface area (Å²) in [5, 5.41) is 17.7. The molecule has 3 heterocycles. The summed E-state index contributed by atoms with van der Waals surface area (Å²) in [6.45, 7) is 1.86. The molecule has 0 spiro atoms. The number of hydrogen-bond acceptors (Lipinski definition) is 7. The van der Waals surface area contributed by atoms with Crippen LogP contribution in [0.25, 0.3) is 22.0 Å². The number of fused-ring (bicyclic) bond motifs is 1. The van der Waals surface area contributed by atoms with Crippen LogP contribution in [-0.2, 0) is 6.54 Å². The molecule has 0 unspecified atom stereocenters. The molecule has 37 heavy (non-hydrogen) atoms. The van der Waals surface area contributed by atoms with E-state index >= 15 is 0 Å². The predicted octanol–water partition coefficient (Wildman–Crippen LogP) is 5.42. The highest BCUT2D eigenvalue weighted by molar-refractivity contribution is 5.88. The third-order valence-electron chi connectivity index (χ3n) is 5.98. The van der Waals surface area contributed by atoms with Crippen LogP contribution in [0.15, 0.2) is 85.6 Å². The molecule has 0 amide bonds. The Labute approximate surface area is 214 Å². The zero-order valence-electron chi connectivity index (χ0n) is 20.4. The molecule has 8 heteroatoms. The van der Waals surface area contributed by atoms with Gasteiger partial charge in [-0.25, -0.2) is 0 Å². The lowest BCUT2D eigenvalue weighted by atomic mass is 10.0. The maximum Gasteiger partial charge on any atom is 0.161 e. The van der Waals surface area contributed by atoms with Gasteiger partial charge in [0.05, 0.1) is 18.4 Å². The second-order valence-corrected chi connectivity index (χ2v) is 8.37. The van der Waals surface area contributed by atoms with Gasteiger partial charge in [-0.15, -0.1) is 0 Å². The van der Waals surface area contributed by atoms with Crippen molar-refractivity contribution >= 4 is 22.3 Å². The standard InChI is InChI=1S/C29H26N6O2/c1-36-27-5-2-21(15-28(27)37-13-12-32-17-20-6-9-31-10-7-20)25-19-33-18-23(16-30)29(25)35-24-3-4-26-22(14-24)8-11-34-26/h2-11,14-15,18-19,32,34H,12-13,17H2,1H3,(H,33,35). The van der Waals surface area contributed by atoms with Gasteiger partial charge in [0.1, 0.15) is 12.7 Å². The fourth-order valence-electron chi connectivity index (χ4n) is 4.10. The molecule has 0 atom stereocenters. The third-order valence-corrected chi connectivity index (χ3v) is 5.98. The summed E-state index contributed by atoms with van der Waals surface area (Å²) < 4.78 is 11.6. The molecule has 2 aromatic carbocycles. The van der Waals surface area contributed by atoms with E-state index in [4.69, 9.17) is 9.47 Å². The lowest BCUT2D eigenvalue weighted by Gasteiger charge is -2.16. The van der Waals surface area contributed by atoms with Gasteiger partial charge in [0.2, 0.25) is 0 Å². The van der Waals surface area contributed by atoms with Gasteiger partial charge in [-0.3, -0.25) is 9.97 Å². The Morgan fingerprint density at radius 3 is 2.70 bits per heavy atom. The van der Waals surface area contributed by atoms with E-state index < -0.39 is 0 Å². The Kier molecular flexibility index (Phi) is 7.25. The summed E-state index contributed by atoms with van der Waals surface area (Å²) in [5.74, 6) is 1.25. The molecule has 3 aromatic heterocycles. The van der Waals surface area contributed by atoms with E-state index in [0.717, 1.165) is 39.8 Å². The monoisotopic (exact) mass is 490 g/mol. The van der Waals surface area contributed by atoms with Crippen LogP contribution in [0.3, 0.4) is 0 Å². The van der Waals surface area contributed by atoms with Gasteiger partial charge in [-0.05, 0) is 59.7 Å². The molecule has 0 aliphatic rings. The maximum atomic E-state index is 9.80. The highest BCUT2D eigenvalue weighted by Crippen LogP contribution is 2.37.